The first-order chi connectivity index (χ1) is 9.52. The number of hydrogen-bond donors (Lipinski definition) is 1. The van der Waals surface area contributed by atoms with Gasteiger partial charge in [0.15, 0.2) is 5.92 Å². The molecule has 2 rings (SSSR count). The Morgan fingerprint density at radius 3 is 2.90 bits per heavy atom. The number of nitrogens with zero attached hydrogens (tertiary/aromatic N) is 1. The minimum atomic E-state index is -0.946. The molecule has 0 amide bonds. The number of ether oxygens (including phenoxy) is 1. The zero-order chi connectivity index (χ0) is 14.7. The molecule has 0 saturated carbocycles. The Morgan fingerprint density at radius 2 is 2.25 bits per heavy atom. The fourth-order valence-corrected chi connectivity index (χ4v) is 2.03. The molecule has 0 aliphatic carbocycles. The lowest BCUT2D eigenvalue weighted by Gasteiger charge is -2.07. The fraction of sp³-hybridized carbons (Fsp3) is 0.267. The number of allylic oxidation sites excluding steroid dienone is 1. The van der Waals surface area contributed by atoms with Gasteiger partial charge in [-0.15, -0.1) is 0 Å². The van der Waals surface area contributed by atoms with Crippen molar-refractivity contribution in [1.82, 2.24) is 0 Å². The van der Waals surface area contributed by atoms with Crippen LogP contribution in [0.3, 0.4) is 0 Å². The summed E-state index contributed by atoms with van der Waals surface area (Å²) in [6.07, 6.45) is 1.55. The van der Waals surface area contributed by atoms with Crippen LogP contribution in [0.4, 0.5) is 0 Å². The van der Waals surface area contributed by atoms with Crippen molar-refractivity contribution in [2.75, 3.05) is 6.61 Å². The van der Waals surface area contributed by atoms with Crippen LogP contribution in [0.25, 0.3) is 6.08 Å². The van der Waals surface area contributed by atoms with Crippen LogP contribution < -0.4 is 0 Å². The van der Waals surface area contributed by atoms with Gasteiger partial charge in [0.05, 0.1) is 6.61 Å². The predicted molar refractivity (Wildman–Crippen MR) is 74.3 cm³/mol. The van der Waals surface area contributed by atoms with Crippen LogP contribution in [0.2, 0.25) is 0 Å². The van der Waals surface area contributed by atoms with Gasteiger partial charge in [-0.25, -0.2) is 0 Å². The van der Waals surface area contributed by atoms with E-state index in [0.29, 0.717) is 11.3 Å². The third kappa shape index (κ3) is 2.77. The van der Waals surface area contributed by atoms with Crippen LogP contribution in [-0.2, 0) is 14.3 Å². The Balaban J connectivity index is 2.28. The van der Waals surface area contributed by atoms with Gasteiger partial charge in [0.1, 0.15) is 11.4 Å². The number of aliphatic imine (C=N–C) groups is 1. The molecule has 1 aromatic rings. The Morgan fingerprint density at radius 1 is 1.50 bits per heavy atom. The number of carbonyl (C=O) groups excluding carboxylic acids is 2. The van der Waals surface area contributed by atoms with E-state index in [0.717, 1.165) is 0 Å². The summed E-state index contributed by atoms with van der Waals surface area (Å²) in [6.45, 7) is 3.54. The topological polar surface area (TPSA) is 76.0 Å². The van der Waals surface area contributed by atoms with Crippen LogP contribution in [0, 0.1) is 5.92 Å². The highest BCUT2D eigenvalue weighted by molar-refractivity contribution is 6.28. The van der Waals surface area contributed by atoms with Crippen LogP contribution in [-0.4, -0.2) is 29.2 Å². The molecular weight excluding hydrogens is 258 g/mol. The van der Waals surface area contributed by atoms with Crippen molar-refractivity contribution in [2.45, 2.75) is 13.8 Å². The van der Waals surface area contributed by atoms with E-state index in [1.54, 1.807) is 32.1 Å². The van der Waals surface area contributed by atoms with Crippen molar-refractivity contribution in [2.24, 2.45) is 10.9 Å². The molecule has 0 radical (unpaired) electrons. The molecule has 1 aromatic carbocycles. The standard InChI is InChI=1S/C15H15NO4/c1-3-20-15(19)13-9(2)16-12(14(13)18)8-10-5-4-6-11(17)7-10/h4-8,13,17H,3H2,1-2H3/b12-8+. The van der Waals surface area contributed by atoms with E-state index in [-0.39, 0.29) is 23.8 Å². The van der Waals surface area contributed by atoms with E-state index < -0.39 is 11.9 Å². The SMILES string of the molecule is CCOC(=O)C1C(=O)/C(=C\c2cccc(O)c2)N=C1C. The molecule has 1 heterocycles. The van der Waals surface area contributed by atoms with Crippen LogP contribution in [0.15, 0.2) is 35.0 Å². The highest BCUT2D eigenvalue weighted by atomic mass is 16.5. The summed E-state index contributed by atoms with van der Waals surface area (Å²) in [5, 5.41) is 9.39. The third-order valence-electron chi connectivity index (χ3n) is 2.93. The average Bonchev–Trinajstić information content (AvgIpc) is 2.65. The van der Waals surface area contributed by atoms with Crippen molar-refractivity contribution in [1.29, 1.82) is 0 Å². The number of ketones is 1. The van der Waals surface area contributed by atoms with Gasteiger partial charge in [-0.1, -0.05) is 12.1 Å². The molecule has 1 unspecified atom stereocenters. The molecule has 0 bridgehead atoms. The lowest BCUT2D eigenvalue weighted by molar-refractivity contribution is -0.147. The van der Waals surface area contributed by atoms with Gasteiger partial charge in [-0.3, -0.25) is 14.6 Å². The second-order valence-electron chi connectivity index (χ2n) is 4.43. The van der Waals surface area contributed by atoms with E-state index in [9.17, 15) is 14.7 Å². The number of rotatable bonds is 3. The second-order valence-corrected chi connectivity index (χ2v) is 4.43. The normalized spacial score (nSPS) is 20.1. The molecule has 0 aromatic heterocycles. The lowest BCUT2D eigenvalue weighted by Crippen LogP contribution is -2.28. The number of phenolic OH excluding ortho intramolecular Hbond substituents is 1. The van der Waals surface area contributed by atoms with Gasteiger partial charge < -0.3 is 9.84 Å². The minimum Gasteiger partial charge on any atom is -0.508 e. The summed E-state index contributed by atoms with van der Waals surface area (Å²) < 4.78 is 4.88. The predicted octanol–water partition coefficient (Wildman–Crippen LogP) is 1.96. The van der Waals surface area contributed by atoms with Crippen molar-refractivity contribution in [3.63, 3.8) is 0 Å². The molecule has 5 heteroatoms. The van der Waals surface area contributed by atoms with E-state index in [4.69, 9.17) is 4.74 Å². The highest BCUT2D eigenvalue weighted by Gasteiger charge is 2.37. The lowest BCUT2D eigenvalue weighted by atomic mass is 10.0. The maximum absolute atomic E-state index is 12.2. The highest BCUT2D eigenvalue weighted by Crippen LogP contribution is 2.24. The minimum absolute atomic E-state index is 0.104. The van der Waals surface area contributed by atoms with E-state index in [1.165, 1.54) is 12.1 Å². The van der Waals surface area contributed by atoms with Crippen LogP contribution in [0.1, 0.15) is 19.4 Å². The van der Waals surface area contributed by atoms with Gasteiger partial charge in [0.25, 0.3) is 0 Å². The first-order valence-corrected chi connectivity index (χ1v) is 6.29. The summed E-state index contributed by atoms with van der Waals surface area (Å²) in [7, 11) is 0. The summed E-state index contributed by atoms with van der Waals surface area (Å²) >= 11 is 0. The number of hydrogen-bond acceptors (Lipinski definition) is 5. The quantitative estimate of drug-likeness (QED) is 0.519. The monoisotopic (exact) mass is 273 g/mol. The van der Waals surface area contributed by atoms with Crippen LogP contribution >= 0.6 is 0 Å². The fourth-order valence-electron chi connectivity index (χ4n) is 2.03. The number of aromatic hydroxyl groups is 1. The van der Waals surface area contributed by atoms with Crippen molar-refractivity contribution < 1.29 is 19.4 Å². The van der Waals surface area contributed by atoms with Gasteiger partial charge in [-0.05, 0) is 37.6 Å². The Labute approximate surface area is 116 Å². The Kier molecular flexibility index (Phi) is 3.98. The number of carbonyl (C=O) groups is 2. The maximum atomic E-state index is 12.2. The van der Waals surface area contributed by atoms with E-state index in [1.807, 2.05) is 0 Å². The van der Waals surface area contributed by atoms with Crippen LogP contribution in [0.5, 0.6) is 5.75 Å². The first kappa shape index (κ1) is 14.0. The summed E-state index contributed by atoms with van der Waals surface area (Å²) in [6, 6.07) is 6.46. The molecule has 1 aliphatic heterocycles. The second kappa shape index (κ2) is 5.69. The molecule has 1 atom stereocenters. The Bertz CT molecular complexity index is 616. The third-order valence-corrected chi connectivity index (χ3v) is 2.93. The van der Waals surface area contributed by atoms with Gasteiger partial charge in [0.2, 0.25) is 5.78 Å². The summed E-state index contributed by atoms with van der Waals surface area (Å²) in [4.78, 5) is 28.0. The Hall–Kier alpha value is -2.43. The maximum Gasteiger partial charge on any atom is 0.322 e. The van der Waals surface area contributed by atoms with Gasteiger partial charge in [0, 0.05) is 5.71 Å². The zero-order valence-corrected chi connectivity index (χ0v) is 11.3. The molecule has 0 spiro atoms. The molecule has 5 nitrogen and oxygen atoms in total. The van der Waals surface area contributed by atoms with Gasteiger partial charge >= 0.3 is 5.97 Å². The summed E-state index contributed by atoms with van der Waals surface area (Å²) in [5.41, 5.74) is 1.28. The van der Waals surface area contributed by atoms with E-state index in [2.05, 4.69) is 4.99 Å². The largest absolute Gasteiger partial charge is 0.508 e. The zero-order valence-electron chi connectivity index (χ0n) is 11.3. The molecule has 104 valence electrons. The number of esters is 1. The number of benzene rings is 1. The smallest absolute Gasteiger partial charge is 0.322 e. The van der Waals surface area contributed by atoms with Crippen molar-refractivity contribution in [3.8, 4) is 5.75 Å². The van der Waals surface area contributed by atoms with Crippen molar-refractivity contribution in [3.05, 3.63) is 35.5 Å². The molecule has 1 N–H and O–H groups in total. The average molecular weight is 273 g/mol. The number of phenols is 1. The molecule has 0 saturated heterocycles. The molecule has 0 fully saturated rings. The first-order valence-electron chi connectivity index (χ1n) is 6.29. The molecule has 20 heavy (non-hydrogen) atoms. The van der Waals surface area contributed by atoms with E-state index >= 15 is 0 Å². The molecular formula is C15H15NO4. The molecule has 1 aliphatic rings. The van der Waals surface area contributed by atoms with Crippen molar-refractivity contribution >= 4 is 23.5 Å². The summed E-state index contributed by atoms with van der Waals surface area (Å²) in [5.74, 6) is -1.78. The number of Topliss-reactive ketones (excluding diaryl/α,β-unsaturated/α-hetero) is 1. The van der Waals surface area contributed by atoms with Gasteiger partial charge in [-0.2, -0.15) is 0 Å².